The van der Waals surface area contributed by atoms with Crippen molar-refractivity contribution in [2.75, 3.05) is 0 Å². The van der Waals surface area contributed by atoms with Crippen LogP contribution in [0.4, 0.5) is 0 Å². The summed E-state index contributed by atoms with van der Waals surface area (Å²) in [5.41, 5.74) is 6.38. The third kappa shape index (κ3) is 3.17. The number of carbonyl (C=O) groups excluding carboxylic acids is 2. The van der Waals surface area contributed by atoms with Crippen LogP contribution in [-0.2, 0) is 4.79 Å². The Morgan fingerprint density at radius 1 is 1.63 bits per heavy atom. The van der Waals surface area contributed by atoms with E-state index in [-0.39, 0.29) is 11.9 Å². The Bertz CT molecular complexity index is 489. The number of rotatable bonds is 3. The van der Waals surface area contributed by atoms with E-state index in [1.807, 2.05) is 6.92 Å². The largest absolute Gasteiger partial charge is 0.340 e. The number of hydrogen-bond acceptors (Lipinski definition) is 4. The van der Waals surface area contributed by atoms with E-state index in [1.54, 1.807) is 18.3 Å². The van der Waals surface area contributed by atoms with E-state index in [9.17, 15) is 9.59 Å². The highest BCUT2D eigenvalue weighted by molar-refractivity contribution is 5.96. The van der Waals surface area contributed by atoms with Crippen LogP contribution in [0.5, 0.6) is 0 Å². The lowest BCUT2D eigenvalue weighted by atomic mass is 9.80. The summed E-state index contributed by atoms with van der Waals surface area (Å²) in [6.07, 6.45) is 5.34. The number of amides is 1. The molecule has 1 heterocycles. The number of nitrogens with zero attached hydrogens (tertiary/aromatic N) is 1. The molecule has 2 atom stereocenters. The lowest BCUT2D eigenvalue weighted by molar-refractivity contribution is -0.114. The van der Waals surface area contributed by atoms with Gasteiger partial charge in [0.2, 0.25) is 0 Å². The molecule has 3 N–H and O–H groups in total. The number of aryl methyl sites for hydroxylation is 1. The van der Waals surface area contributed by atoms with Crippen LogP contribution in [0.3, 0.4) is 0 Å². The summed E-state index contributed by atoms with van der Waals surface area (Å²) >= 11 is 0. The smallest absolute Gasteiger partial charge is 0.252 e. The average molecular weight is 261 g/mol. The van der Waals surface area contributed by atoms with Gasteiger partial charge in [0.25, 0.3) is 5.91 Å². The quantitative estimate of drug-likeness (QED) is 0.794. The van der Waals surface area contributed by atoms with Gasteiger partial charge in [0.05, 0.1) is 5.54 Å². The van der Waals surface area contributed by atoms with Gasteiger partial charge in [0.15, 0.2) is 0 Å². The predicted octanol–water partition coefficient (Wildman–Crippen LogP) is 0.959. The summed E-state index contributed by atoms with van der Waals surface area (Å²) in [6.45, 7) is 1.82. The first kappa shape index (κ1) is 13.7. The molecular weight excluding hydrogens is 242 g/mol. The number of nitrogens with two attached hydrogens (primary N) is 1. The number of aromatic nitrogens is 1. The zero-order chi connectivity index (χ0) is 13.9. The summed E-state index contributed by atoms with van der Waals surface area (Å²) in [5, 5.41) is 2.84. The second-order valence-corrected chi connectivity index (χ2v) is 5.27. The summed E-state index contributed by atoms with van der Waals surface area (Å²) in [6, 6.07) is 3.32. The molecule has 1 amide bonds. The first-order valence-corrected chi connectivity index (χ1v) is 6.52. The molecule has 0 spiro atoms. The Labute approximate surface area is 112 Å². The Morgan fingerprint density at radius 3 is 3.05 bits per heavy atom. The van der Waals surface area contributed by atoms with E-state index >= 15 is 0 Å². The number of nitrogens with one attached hydrogen (secondary N) is 1. The molecule has 1 fully saturated rings. The van der Waals surface area contributed by atoms with Crippen molar-refractivity contribution >= 4 is 12.2 Å². The van der Waals surface area contributed by atoms with Gasteiger partial charge >= 0.3 is 0 Å². The first-order valence-electron chi connectivity index (χ1n) is 6.52. The van der Waals surface area contributed by atoms with Crippen LogP contribution >= 0.6 is 0 Å². The minimum Gasteiger partial charge on any atom is -0.340 e. The molecular formula is C14H19N3O2. The maximum Gasteiger partial charge on any atom is 0.252 e. The van der Waals surface area contributed by atoms with Crippen LogP contribution in [0.25, 0.3) is 0 Å². The van der Waals surface area contributed by atoms with E-state index in [4.69, 9.17) is 5.73 Å². The Hall–Kier alpha value is -1.75. The topological polar surface area (TPSA) is 85.1 Å². The average Bonchev–Trinajstić information content (AvgIpc) is 2.38. The Kier molecular flexibility index (Phi) is 3.95. The summed E-state index contributed by atoms with van der Waals surface area (Å²) in [5.74, 6) is -0.244. The van der Waals surface area contributed by atoms with Crippen molar-refractivity contribution < 1.29 is 9.59 Å². The maximum atomic E-state index is 12.2. The van der Waals surface area contributed by atoms with E-state index in [0.29, 0.717) is 18.4 Å². The molecule has 0 aliphatic heterocycles. The van der Waals surface area contributed by atoms with Gasteiger partial charge < -0.3 is 15.8 Å². The molecule has 1 aliphatic rings. The van der Waals surface area contributed by atoms with Gasteiger partial charge in [-0.15, -0.1) is 0 Å². The lowest BCUT2D eigenvalue weighted by Gasteiger charge is -2.36. The summed E-state index contributed by atoms with van der Waals surface area (Å²) in [7, 11) is 0. The zero-order valence-electron chi connectivity index (χ0n) is 11.1. The van der Waals surface area contributed by atoms with Gasteiger partial charge in [0, 0.05) is 23.5 Å². The van der Waals surface area contributed by atoms with E-state index in [0.717, 1.165) is 24.8 Å². The van der Waals surface area contributed by atoms with Gasteiger partial charge in [-0.05, 0) is 44.7 Å². The molecule has 0 aromatic carbocycles. The highest BCUT2D eigenvalue weighted by atomic mass is 16.2. The Balaban J connectivity index is 2.14. The number of pyridine rings is 1. The molecule has 19 heavy (non-hydrogen) atoms. The lowest BCUT2D eigenvalue weighted by Crippen LogP contribution is -2.55. The highest BCUT2D eigenvalue weighted by Gasteiger charge is 2.36. The molecule has 1 aromatic rings. The number of aldehydes is 1. The molecule has 5 heteroatoms. The fourth-order valence-corrected chi connectivity index (χ4v) is 2.59. The molecule has 2 rings (SSSR count). The molecule has 0 radical (unpaired) electrons. The molecule has 2 unspecified atom stereocenters. The van der Waals surface area contributed by atoms with Gasteiger partial charge in [-0.2, -0.15) is 0 Å². The highest BCUT2D eigenvalue weighted by Crippen LogP contribution is 2.26. The molecule has 5 nitrogen and oxygen atoms in total. The van der Waals surface area contributed by atoms with Crippen molar-refractivity contribution in [3.05, 3.63) is 29.6 Å². The van der Waals surface area contributed by atoms with Crippen molar-refractivity contribution in [3.63, 3.8) is 0 Å². The predicted molar refractivity (Wildman–Crippen MR) is 71.7 cm³/mol. The van der Waals surface area contributed by atoms with Crippen molar-refractivity contribution in [3.8, 4) is 0 Å². The molecule has 1 aromatic heterocycles. The number of hydrogen-bond donors (Lipinski definition) is 2. The Morgan fingerprint density at radius 2 is 2.42 bits per heavy atom. The van der Waals surface area contributed by atoms with Crippen molar-refractivity contribution in [2.45, 2.75) is 44.2 Å². The van der Waals surface area contributed by atoms with Gasteiger partial charge in [-0.1, -0.05) is 0 Å². The fourth-order valence-electron chi connectivity index (χ4n) is 2.59. The first-order chi connectivity index (χ1) is 9.04. The van der Waals surface area contributed by atoms with Gasteiger partial charge in [0.1, 0.15) is 6.29 Å². The second kappa shape index (κ2) is 5.48. The van der Waals surface area contributed by atoms with Crippen LogP contribution in [-0.4, -0.2) is 28.8 Å². The standard InChI is InChI=1S/C14H19N3O2/c1-10-7-11(4-6-16-10)13(19)17-14(9-18)5-2-3-12(15)8-14/h4,6-7,9,12H,2-3,5,8,15H2,1H3,(H,17,19). The van der Waals surface area contributed by atoms with Crippen LogP contribution in [0.1, 0.15) is 41.7 Å². The van der Waals surface area contributed by atoms with E-state index in [2.05, 4.69) is 10.3 Å². The monoisotopic (exact) mass is 261 g/mol. The summed E-state index contributed by atoms with van der Waals surface area (Å²) in [4.78, 5) is 27.6. The molecule has 1 aliphatic carbocycles. The van der Waals surface area contributed by atoms with Crippen LogP contribution in [0.2, 0.25) is 0 Å². The molecule has 1 saturated carbocycles. The summed E-state index contributed by atoms with van der Waals surface area (Å²) < 4.78 is 0. The minimum atomic E-state index is -0.814. The molecule has 102 valence electrons. The van der Waals surface area contributed by atoms with Crippen LogP contribution < -0.4 is 11.1 Å². The van der Waals surface area contributed by atoms with Crippen molar-refractivity contribution in [1.82, 2.24) is 10.3 Å². The SMILES string of the molecule is Cc1cc(C(=O)NC2(C=O)CCCC(N)C2)ccn1. The third-order valence-corrected chi connectivity index (χ3v) is 3.57. The molecule has 0 saturated heterocycles. The van der Waals surface area contributed by atoms with Crippen molar-refractivity contribution in [2.24, 2.45) is 5.73 Å². The van der Waals surface area contributed by atoms with Crippen LogP contribution in [0.15, 0.2) is 18.3 Å². The van der Waals surface area contributed by atoms with E-state index in [1.165, 1.54) is 0 Å². The number of carbonyl (C=O) groups is 2. The normalized spacial score (nSPS) is 26.7. The van der Waals surface area contributed by atoms with Crippen molar-refractivity contribution in [1.29, 1.82) is 0 Å². The fraction of sp³-hybridized carbons (Fsp3) is 0.500. The molecule has 0 bridgehead atoms. The second-order valence-electron chi connectivity index (χ2n) is 5.27. The minimum absolute atomic E-state index is 0.0292. The van der Waals surface area contributed by atoms with Gasteiger partial charge in [-0.25, -0.2) is 0 Å². The van der Waals surface area contributed by atoms with Gasteiger partial charge in [-0.3, -0.25) is 9.78 Å². The van der Waals surface area contributed by atoms with E-state index < -0.39 is 5.54 Å². The maximum absolute atomic E-state index is 12.2. The van der Waals surface area contributed by atoms with Crippen LogP contribution in [0, 0.1) is 6.92 Å². The zero-order valence-corrected chi connectivity index (χ0v) is 11.1. The third-order valence-electron chi connectivity index (χ3n) is 3.57.